The summed E-state index contributed by atoms with van der Waals surface area (Å²) in [6, 6.07) is 0. The maximum absolute atomic E-state index is 9.56. The summed E-state index contributed by atoms with van der Waals surface area (Å²) in [4.78, 5) is 9.56. The summed E-state index contributed by atoms with van der Waals surface area (Å²) in [7, 11) is -1.16. The van der Waals surface area contributed by atoms with Gasteiger partial charge in [-0.1, -0.05) is 0 Å². The lowest BCUT2D eigenvalue weighted by Gasteiger charge is -2.38. The van der Waals surface area contributed by atoms with Gasteiger partial charge in [0.2, 0.25) is 0 Å². The molecule has 15 heavy (non-hydrogen) atoms. The molecule has 0 saturated carbocycles. The molecule has 1 fully saturated rings. The fraction of sp³-hybridized carbons (Fsp3) is 1.00. The third-order valence-corrected chi connectivity index (χ3v) is 9.58. The lowest BCUT2D eigenvalue weighted by molar-refractivity contribution is -0.0292. The molecule has 0 atom stereocenters. The summed E-state index contributed by atoms with van der Waals surface area (Å²) in [5.74, 6) is 0. The number of hydrogen-bond donors (Lipinski definition) is 1. The van der Waals surface area contributed by atoms with Gasteiger partial charge in [-0.25, -0.2) is 0 Å². The van der Waals surface area contributed by atoms with Gasteiger partial charge in [-0.15, -0.1) is 0 Å². The van der Waals surface area contributed by atoms with E-state index in [1.165, 1.54) is 28.4 Å². The smallest absolute Gasteiger partial charge is 0.436 e. The first-order valence-electron chi connectivity index (χ1n) is 3.99. The summed E-state index contributed by atoms with van der Waals surface area (Å²) in [5, 5.41) is 0. The van der Waals surface area contributed by atoms with Crippen molar-refractivity contribution in [3.05, 3.63) is 0 Å². The quantitative estimate of drug-likeness (QED) is 0.584. The van der Waals surface area contributed by atoms with Crippen molar-refractivity contribution in [2.75, 3.05) is 28.4 Å². The second kappa shape index (κ2) is 5.32. The molecular formula is C4H13AlO8Si2. The van der Waals surface area contributed by atoms with E-state index in [9.17, 15) is 4.80 Å². The Bertz CT molecular complexity index is 201. The molecule has 8 nitrogen and oxygen atoms in total. The van der Waals surface area contributed by atoms with Gasteiger partial charge in [0.05, 0.1) is 0 Å². The second-order valence-corrected chi connectivity index (χ2v) is 9.57. The van der Waals surface area contributed by atoms with Crippen LogP contribution in [-0.4, -0.2) is 66.5 Å². The molecule has 11 heteroatoms. The largest absolute Gasteiger partial charge is 0.886 e. The van der Waals surface area contributed by atoms with Crippen LogP contribution in [0.3, 0.4) is 0 Å². The maximum Gasteiger partial charge on any atom is 0.886 e. The highest BCUT2D eigenvalue weighted by Crippen LogP contribution is 2.25. The van der Waals surface area contributed by atoms with Gasteiger partial charge >= 0.3 is 33.2 Å². The summed E-state index contributed by atoms with van der Waals surface area (Å²) in [5.41, 5.74) is 0. The molecule has 0 aromatic heterocycles. The Balaban J connectivity index is 2.39. The fourth-order valence-corrected chi connectivity index (χ4v) is 7.69. The number of hydrogen-bond acceptors (Lipinski definition) is 8. The van der Waals surface area contributed by atoms with Crippen LogP contribution in [0.15, 0.2) is 0 Å². The standard InChI is InChI=1S/C2H7O4Si.C2H6O4Si.Al/c2*1-5-7(3,4)6-2;/h3H,1-2H3;1-2H3;/q-1;-2;+3. The molecule has 1 rings (SSSR count). The van der Waals surface area contributed by atoms with E-state index in [1.807, 2.05) is 0 Å². The average molecular weight is 272 g/mol. The first-order chi connectivity index (χ1) is 7.03. The SMILES string of the molecule is CO[Si](O)(OC)[O][Al]1[O][Si](OC)(OC)[O]1. The van der Waals surface area contributed by atoms with Crippen LogP contribution in [0.5, 0.6) is 0 Å². The van der Waals surface area contributed by atoms with Gasteiger partial charge < -0.3 is 32.9 Å². The highest BCUT2D eigenvalue weighted by molar-refractivity contribution is 6.78. The third kappa shape index (κ3) is 3.06. The first kappa shape index (κ1) is 13.7. The van der Waals surface area contributed by atoms with E-state index in [0.29, 0.717) is 0 Å². The van der Waals surface area contributed by atoms with Crippen molar-refractivity contribution in [2.24, 2.45) is 0 Å². The molecule has 0 spiro atoms. The summed E-state index contributed by atoms with van der Waals surface area (Å²) >= 11 is -2.45. The summed E-state index contributed by atoms with van der Waals surface area (Å²) < 4.78 is 34.7. The number of rotatable bonds is 6. The molecular weight excluding hydrogens is 259 g/mol. The lowest BCUT2D eigenvalue weighted by Crippen LogP contribution is -2.68. The molecule has 0 unspecified atom stereocenters. The molecule has 0 amide bonds. The van der Waals surface area contributed by atoms with Crippen LogP contribution >= 0.6 is 0 Å². The van der Waals surface area contributed by atoms with Crippen LogP contribution < -0.4 is 0 Å². The minimum Gasteiger partial charge on any atom is -0.436 e. The van der Waals surface area contributed by atoms with E-state index in [-0.39, 0.29) is 0 Å². The van der Waals surface area contributed by atoms with Gasteiger partial charge in [-0.2, -0.15) is 0 Å². The lowest BCUT2D eigenvalue weighted by atomic mass is 11.8. The van der Waals surface area contributed by atoms with Crippen LogP contribution in [0.2, 0.25) is 0 Å². The highest BCUT2D eigenvalue weighted by atomic mass is 28.4. The second-order valence-electron chi connectivity index (χ2n) is 2.48. The molecule has 0 aliphatic carbocycles. The molecule has 0 aromatic carbocycles. The Labute approximate surface area is 94.9 Å². The minimum atomic E-state index is -3.60. The van der Waals surface area contributed by atoms with Crippen molar-refractivity contribution < 1.29 is 32.9 Å². The van der Waals surface area contributed by atoms with E-state index in [0.717, 1.165) is 0 Å². The van der Waals surface area contributed by atoms with E-state index in [2.05, 4.69) is 8.85 Å². The summed E-state index contributed by atoms with van der Waals surface area (Å²) in [6.07, 6.45) is 0. The van der Waals surface area contributed by atoms with E-state index >= 15 is 0 Å². The van der Waals surface area contributed by atoms with Gasteiger partial charge in [0.25, 0.3) is 0 Å². The van der Waals surface area contributed by atoms with Crippen LogP contribution in [-0.2, 0) is 28.1 Å². The predicted molar refractivity (Wildman–Crippen MR) is 50.8 cm³/mol. The molecule has 0 aromatic rings. The normalized spacial score (nSPS) is 20.2. The molecule has 1 N–H and O–H groups in total. The molecule has 1 heterocycles. The Hall–Kier alpha value is 0.646. The van der Waals surface area contributed by atoms with Crippen molar-refractivity contribution in [1.29, 1.82) is 0 Å². The van der Waals surface area contributed by atoms with E-state index in [4.69, 9.17) is 19.3 Å². The third-order valence-electron chi connectivity index (χ3n) is 1.74. The topological polar surface area (TPSA) is 84.8 Å². The summed E-state index contributed by atoms with van der Waals surface area (Å²) in [6.45, 7) is 0. The minimum absolute atomic E-state index is 1.28. The Morgan fingerprint density at radius 2 is 1.53 bits per heavy atom. The zero-order valence-corrected chi connectivity index (χ0v) is 12.0. The maximum atomic E-state index is 9.56. The van der Waals surface area contributed by atoms with E-state index in [1.54, 1.807) is 0 Å². The highest BCUT2D eigenvalue weighted by Gasteiger charge is 2.67. The first-order valence-corrected chi connectivity index (χ1v) is 8.71. The van der Waals surface area contributed by atoms with Gasteiger partial charge in [-0.05, 0) is 0 Å². The monoisotopic (exact) mass is 272 g/mol. The fourth-order valence-electron chi connectivity index (χ4n) is 0.870. The Kier molecular flexibility index (Phi) is 4.86. The van der Waals surface area contributed by atoms with Gasteiger partial charge in [0.15, 0.2) is 0 Å². The van der Waals surface area contributed by atoms with Crippen molar-refractivity contribution in [3.63, 3.8) is 0 Å². The van der Waals surface area contributed by atoms with Gasteiger partial charge in [0.1, 0.15) is 0 Å². The van der Waals surface area contributed by atoms with Crippen LogP contribution in [0.25, 0.3) is 0 Å². The van der Waals surface area contributed by atoms with Gasteiger partial charge in [-0.3, -0.25) is 0 Å². The molecule has 88 valence electrons. The Morgan fingerprint density at radius 3 is 1.87 bits per heavy atom. The van der Waals surface area contributed by atoms with Crippen molar-refractivity contribution in [2.45, 2.75) is 0 Å². The van der Waals surface area contributed by atoms with Crippen LogP contribution in [0, 0.1) is 0 Å². The van der Waals surface area contributed by atoms with Crippen molar-refractivity contribution in [1.82, 2.24) is 0 Å². The predicted octanol–water partition coefficient (Wildman–Crippen LogP) is -1.52. The van der Waals surface area contributed by atoms with Crippen LogP contribution in [0.1, 0.15) is 0 Å². The van der Waals surface area contributed by atoms with Crippen LogP contribution in [0.4, 0.5) is 0 Å². The molecule has 1 aliphatic rings. The van der Waals surface area contributed by atoms with Crippen molar-refractivity contribution >= 4 is 33.2 Å². The zero-order valence-electron chi connectivity index (χ0n) is 8.88. The van der Waals surface area contributed by atoms with Gasteiger partial charge in [0, 0.05) is 28.4 Å². The van der Waals surface area contributed by atoms with Crippen molar-refractivity contribution in [3.8, 4) is 0 Å². The zero-order chi connectivity index (χ0) is 11.5. The molecule has 0 bridgehead atoms. The average Bonchev–Trinajstić information content (AvgIpc) is 2.22. The molecule has 0 radical (unpaired) electrons. The van der Waals surface area contributed by atoms with E-state index < -0.39 is 33.2 Å². The molecule has 1 saturated heterocycles. The molecule has 1 aliphatic heterocycles. The Morgan fingerprint density at radius 1 is 1.07 bits per heavy atom.